The number of nitrogens with two attached hydrogens (primary N) is 1. The number of rotatable bonds is 4. The maximum Gasteiger partial charge on any atom is 0.172 e. The highest BCUT2D eigenvalue weighted by atomic mass is 16.3. The number of benzene rings is 1. The van der Waals surface area contributed by atoms with Crippen LogP contribution in [0.5, 0.6) is 5.75 Å². The van der Waals surface area contributed by atoms with Crippen LogP contribution in [0.4, 0.5) is 11.5 Å². The van der Waals surface area contributed by atoms with Crippen LogP contribution in [0.15, 0.2) is 42.7 Å². The van der Waals surface area contributed by atoms with Gasteiger partial charge in [0.25, 0.3) is 0 Å². The lowest BCUT2D eigenvalue weighted by Crippen LogP contribution is -2.33. The number of aromatic nitrogens is 4. The van der Waals surface area contributed by atoms with Crippen LogP contribution in [0.25, 0.3) is 16.9 Å². The van der Waals surface area contributed by atoms with Gasteiger partial charge in [-0.25, -0.2) is 4.68 Å². The van der Waals surface area contributed by atoms with Crippen LogP contribution in [0.3, 0.4) is 0 Å². The fourth-order valence-electron chi connectivity index (χ4n) is 3.30. The van der Waals surface area contributed by atoms with Gasteiger partial charge in [-0.15, -0.1) is 10.2 Å². The molecular formula is C21H26N6O2. The van der Waals surface area contributed by atoms with Crippen LogP contribution < -0.4 is 10.6 Å². The number of aldehydes is 1. The zero-order valence-corrected chi connectivity index (χ0v) is 16.7. The molecule has 0 unspecified atom stereocenters. The second-order valence-electron chi connectivity index (χ2n) is 6.62. The molecule has 4 rings (SSSR count). The molecule has 3 N–H and O–H groups in total. The van der Waals surface area contributed by atoms with Gasteiger partial charge in [0.05, 0.1) is 23.8 Å². The summed E-state index contributed by atoms with van der Waals surface area (Å²) in [4.78, 5) is 13.1. The number of nitrogen functional groups attached to an aromatic ring is 1. The summed E-state index contributed by atoms with van der Waals surface area (Å²) in [7, 11) is 0. The highest BCUT2D eigenvalue weighted by Crippen LogP contribution is 2.30. The van der Waals surface area contributed by atoms with Gasteiger partial charge in [-0.05, 0) is 31.0 Å². The van der Waals surface area contributed by atoms with Crippen molar-refractivity contribution in [2.24, 2.45) is 5.92 Å². The van der Waals surface area contributed by atoms with Crippen molar-refractivity contribution in [2.75, 3.05) is 23.7 Å². The Morgan fingerprint density at radius 2 is 1.90 bits per heavy atom. The molecule has 8 heteroatoms. The number of hydrogen-bond donors (Lipinski definition) is 2. The summed E-state index contributed by atoms with van der Waals surface area (Å²) in [5.41, 5.74) is 8.67. The predicted molar refractivity (Wildman–Crippen MR) is 113 cm³/mol. The SMILES string of the molecule is CC.Nc1nnc(-c2ccccc2O)cc1-n1cc(N2CCC(C=O)CC2)cn1. The summed E-state index contributed by atoms with van der Waals surface area (Å²) in [6, 6.07) is 8.69. The van der Waals surface area contributed by atoms with Gasteiger partial charge in [-0.2, -0.15) is 5.10 Å². The van der Waals surface area contributed by atoms with Crippen LogP contribution in [-0.2, 0) is 4.79 Å². The van der Waals surface area contributed by atoms with E-state index in [-0.39, 0.29) is 17.5 Å². The Labute approximate surface area is 170 Å². The summed E-state index contributed by atoms with van der Waals surface area (Å²) in [6.45, 7) is 5.64. The fourth-order valence-corrected chi connectivity index (χ4v) is 3.30. The molecule has 1 aliphatic heterocycles. The molecule has 8 nitrogen and oxygen atoms in total. The van der Waals surface area contributed by atoms with Crippen LogP contribution in [0.1, 0.15) is 26.7 Å². The van der Waals surface area contributed by atoms with Crippen molar-refractivity contribution in [3.8, 4) is 22.7 Å². The lowest BCUT2D eigenvalue weighted by Gasteiger charge is -2.30. The summed E-state index contributed by atoms with van der Waals surface area (Å²) < 4.78 is 1.66. The first-order chi connectivity index (χ1) is 14.2. The Kier molecular flexibility index (Phi) is 6.43. The highest BCUT2D eigenvalue weighted by molar-refractivity contribution is 5.70. The summed E-state index contributed by atoms with van der Waals surface area (Å²) in [5.74, 6) is 0.530. The van der Waals surface area contributed by atoms with Gasteiger partial charge in [0.1, 0.15) is 17.7 Å². The Bertz CT molecular complexity index is 963. The molecule has 0 aliphatic carbocycles. The molecule has 3 aromatic rings. The van der Waals surface area contributed by atoms with Crippen molar-refractivity contribution in [3.05, 3.63) is 42.7 Å². The molecule has 152 valence electrons. The molecule has 29 heavy (non-hydrogen) atoms. The molecule has 1 fully saturated rings. The Balaban J connectivity index is 0.00000117. The Morgan fingerprint density at radius 3 is 2.59 bits per heavy atom. The lowest BCUT2D eigenvalue weighted by molar-refractivity contribution is -0.111. The van der Waals surface area contributed by atoms with Crippen molar-refractivity contribution in [1.82, 2.24) is 20.0 Å². The lowest BCUT2D eigenvalue weighted by atomic mass is 9.98. The van der Waals surface area contributed by atoms with E-state index in [0.29, 0.717) is 16.9 Å². The number of nitrogens with zero attached hydrogens (tertiary/aromatic N) is 5. The van der Waals surface area contributed by atoms with Crippen LogP contribution in [-0.4, -0.2) is 44.5 Å². The number of hydrogen-bond acceptors (Lipinski definition) is 7. The third kappa shape index (κ3) is 4.37. The van der Waals surface area contributed by atoms with Gasteiger partial charge in [-0.1, -0.05) is 26.0 Å². The molecule has 1 aliphatic rings. The zero-order chi connectivity index (χ0) is 20.8. The number of aromatic hydroxyl groups is 1. The van der Waals surface area contributed by atoms with E-state index in [0.717, 1.165) is 37.9 Å². The monoisotopic (exact) mass is 394 g/mol. The largest absolute Gasteiger partial charge is 0.507 e. The van der Waals surface area contributed by atoms with Crippen molar-refractivity contribution in [2.45, 2.75) is 26.7 Å². The molecular weight excluding hydrogens is 368 g/mol. The second-order valence-corrected chi connectivity index (χ2v) is 6.62. The third-order valence-electron chi connectivity index (χ3n) is 4.89. The quantitative estimate of drug-likeness (QED) is 0.654. The van der Waals surface area contributed by atoms with Gasteiger partial charge in [0.2, 0.25) is 0 Å². The summed E-state index contributed by atoms with van der Waals surface area (Å²) in [6.07, 6.45) is 6.42. The summed E-state index contributed by atoms with van der Waals surface area (Å²) in [5, 5.41) is 22.6. The van der Waals surface area contributed by atoms with Crippen LogP contribution in [0, 0.1) is 5.92 Å². The number of piperidine rings is 1. The second kappa shape index (κ2) is 9.18. The average Bonchev–Trinajstić information content (AvgIpc) is 3.26. The van der Waals surface area contributed by atoms with E-state index in [1.54, 1.807) is 35.1 Å². The molecule has 0 saturated carbocycles. The van der Waals surface area contributed by atoms with Gasteiger partial charge in [-0.3, -0.25) is 0 Å². The molecule has 0 radical (unpaired) electrons. The molecule has 1 saturated heterocycles. The number of phenolic OH excluding ortho intramolecular Hbond substituents is 1. The minimum Gasteiger partial charge on any atom is -0.507 e. The average molecular weight is 394 g/mol. The topological polar surface area (TPSA) is 110 Å². The number of phenols is 1. The minimum absolute atomic E-state index is 0.127. The Morgan fingerprint density at radius 1 is 1.17 bits per heavy atom. The first-order valence-electron chi connectivity index (χ1n) is 9.82. The first kappa shape index (κ1) is 20.3. The molecule has 0 atom stereocenters. The number of carbonyl (C=O) groups excluding carboxylic acids is 1. The fraction of sp³-hybridized carbons (Fsp3) is 0.333. The van der Waals surface area contributed by atoms with Gasteiger partial charge in [0, 0.05) is 24.6 Å². The number of anilines is 2. The van der Waals surface area contributed by atoms with E-state index in [4.69, 9.17) is 5.73 Å². The normalized spacial score (nSPS) is 14.2. The maximum atomic E-state index is 10.9. The predicted octanol–water partition coefficient (Wildman–Crippen LogP) is 3.06. The molecule has 0 amide bonds. The van der Waals surface area contributed by atoms with Crippen LogP contribution in [0.2, 0.25) is 0 Å². The van der Waals surface area contributed by atoms with E-state index >= 15 is 0 Å². The first-order valence-corrected chi connectivity index (χ1v) is 9.82. The maximum absolute atomic E-state index is 10.9. The van der Waals surface area contributed by atoms with Crippen molar-refractivity contribution in [1.29, 1.82) is 0 Å². The zero-order valence-electron chi connectivity index (χ0n) is 16.7. The molecule has 0 spiro atoms. The van der Waals surface area contributed by atoms with E-state index in [9.17, 15) is 9.90 Å². The Hall–Kier alpha value is -3.42. The third-order valence-corrected chi connectivity index (χ3v) is 4.89. The van der Waals surface area contributed by atoms with E-state index in [1.807, 2.05) is 26.1 Å². The van der Waals surface area contributed by atoms with Crippen molar-refractivity contribution in [3.63, 3.8) is 0 Å². The molecule has 2 aromatic heterocycles. The van der Waals surface area contributed by atoms with E-state index in [2.05, 4.69) is 20.2 Å². The smallest absolute Gasteiger partial charge is 0.172 e. The molecule has 0 bridgehead atoms. The minimum atomic E-state index is 0.127. The molecule has 3 heterocycles. The molecule has 1 aromatic carbocycles. The number of carbonyl (C=O) groups is 1. The van der Waals surface area contributed by atoms with E-state index < -0.39 is 0 Å². The standard InChI is InChI=1S/C19H20N6O2.C2H6/c20-19-17(9-16(22-23-19)15-3-1-2-4-18(15)27)25-11-14(10-21-25)24-7-5-13(12-26)6-8-24;1-2/h1-4,9-13,27H,5-8H2,(H2,20,23);1-2H3. The van der Waals surface area contributed by atoms with Crippen LogP contribution >= 0.6 is 0 Å². The highest BCUT2D eigenvalue weighted by Gasteiger charge is 2.20. The summed E-state index contributed by atoms with van der Waals surface area (Å²) >= 11 is 0. The number of para-hydroxylation sites is 1. The van der Waals surface area contributed by atoms with Crippen molar-refractivity contribution >= 4 is 17.8 Å². The van der Waals surface area contributed by atoms with Gasteiger partial charge < -0.3 is 20.5 Å². The van der Waals surface area contributed by atoms with Gasteiger partial charge in [0.15, 0.2) is 5.82 Å². The van der Waals surface area contributed by atoms with Crippen molar-refractivity contribution < 1.29 is 9.90 Å². The van der Waals surface area contributed by atoms with E-state index in [1.165, 1.54) is 0 Å². The van der Waals surface area contributed by atoms with Gasteiger partial charge >= 0.3 is 0 Å².